The molecule has 3 atom stereocenters. The highest BCUT2D eigenvalue weighted by atomic mass is 16.5. The normalized spacial score (nSPS) is 37.2. The first kappa shape index (κ1) is 14.8. The third kappa shape index (κ3) is 3.19. The first-order chi connectivity index (χ1) is 9.78. The molecule has 3 aliphatic rings. The van der Waals surface area contributed by atoms with Gasteiger partial charge in [-0.05, 0) is 39.2 Å². The van der Waals surface area contributed by atoms with Crippen molar-refractivity contribution in [3.8, 4) is 0 Å². The molecule has 0 aromatic rings. The minimum Gasteiger partial charge on any atom is -0.379 e. The number of ether oxygens (including phenoxy) is 1. The zero-order valence-electron chi connectivity index (χ0n) is 13.2. The molecule has 4 heteroatoms. The van der Waals surface area contributed by atoms with Gasteiger partial charge in [0.1, 0.15) is 0 Å². The van der Waals surface area contributed by atoms with Crippen molar-refractivity contribution >= 4 is 0 Å². The lowest BCUT2D eigenvalue weighted by molar-refractivity contribution is 0.00875. The summed E-state index contributed by atoms with van der Waals surface area (Å²) in [5, 5.41) is 3.67. The molecule has 3 unspecified atom stereocenters. The van der Waals surface area contributed by atoms with Crippen molar-refractivity contribution in [2.24, 2.45) is 0 Å². The molecule has 4 nitrogen and oxygen atoms in total. The van der Waals surface area contributed by atoms with Crippen LogP contribution in [0.25, 0.3) is 0 Å². The van der Waals surface area contributed by atoms with Gasteiger partial charge in [-0.15, -0.1) is 0 Å². The number of piperidine rings is 1. The number of morpholine rings is 1. The lowest BCUT2D eigenvalue weighted by Gasteiger charge is -2.44. The Balaban J connectivity index is 1.54. The van der Waals surface area contributed by atoms with Crippen LogP contribution in [0.5, 0.6) is 0 Å². The van der Waals surface area contributed by atoms with Crippen molar-refractivity contribution in [3.63, 3.8) is 0 Å². The number of hydrogen-bond acceptors (Lipinski definition) is 4. The second-order valence-corrected chi connectivity index (χ2v) is 6.82. The fourth-order valence-corrected chi connectivity index (χ4v) is 4.64. The highest BCUT2D eigenvalue weighted by molar-refractivity contribution is 4.99. The molecule has 3 rings (SSSR count). The van der Waals surface area contributed by atoms with E-state index >= 15 is 0 Å². The van der Waals surface area contributed by atoms with Gasteiger partial charge in [-0.2, -0.15) is 0 Å². The largest absolute Gasteiger partial charge is 0.379 e. The Kier molecular flexibility index (Phi) is 4.97. The van der Waals surface area contributed by atoms with Crippen LogP contribution >= 0.6 is 0 Å². The molecule has 0 amide bonds. The Morgan fingerprint density at radius 1 is 1.15 bits per heavy atom. The second kappa shape index (κ2) is 6.73. The van der Waals surface area contributed by atoms with Crippen LogP contribution in [0.1, 0.15) is 39.5 Å². The molecule has 1 N–H and O–H groups in total. The summed E-state index contributed by atoms with van der Waals surface area (Å²) < 4.78 is 5.46. The van der Waals surface area contributed by atoms with E-state index in [2.05, 4.69) is 29.0 Å². The maximum Gasteiger partial charge on any atom is 0.0594 e. The van der Waals surface area contributed by atoms with E-state index in [1.807, 2.05) is 0 Å². The van der Waals surface area contributed by atoms with Gasteiger partial charge in [-0.25, -0.2) is 0 Å². The number of hydrogen-bond donors (Lipinski definition) is 1. The Morgan fingerprint density at radius 2 is 1.80 bits per heavy atom. The minimum absolute atomic E-state index is 0.702. The van der Waals surface area contributed by atoms with Gasteiger partial charge in [0.05, 0.1) is 13.2 Å². The van der Waals surface area contributed by atoms with Gasteiger partial charge in [0, 0.05) is 43.8 Å². The molecule has 0 aromatic heterocycles. The molecule has 2 bridgehead atoms. The van der Waals surface area contributed by atoms with Crippen LogP contribution in [-0.4, -0.2) is 73.4 Å². The molecule has 3 saturated heterocycles. The van der Waals surface area contributed by atoms with Crippen molar-refractivity contribution < 1.29 is 4.74 Å². The molecule has 0 aliphatic carbocycles. The van der Waals surface area contributed by atoms with Crippen LogP contribution in [0, 0.1) is 0 Å². The van der Waals surface area contributed by atoms with Gasteiger partial charge in [-0.3, -0.25) is 9.80 Å². The third-order valence-corrected chi connectivity index (χ3v) is 5.42. The first-order valence-electron chi connectivity index (χ1n) is 8.59. The Morgan fingerprint density at radius 3 is 2.40 bits per heavy atom. The monoisotopic (exact) mass is 281 g/mol. The lowest BCUT2D eigenvalue weighted by Crippen LogP contribution is -2.55. The molecule has 116 valence electrons. The van der Waals surface area contributed by atoms with Crippen LogP contribution in [0.2, 0.25) is 0 Å². The van der Waals surface area contributed by atoms with E-state index in [4.69, 9.17) is 4.74 Å². The summed E-state index contributed by atoms with van der Waals surface area (Å²) in [6.07, 6.45) is 5.55. The molecular formula is C16H31N3O. The van der Waals surface area contributed by atoms with Gasteiger partial charge >= 0.3 is 0 Å². The van der Waals surface area contributed by atoms with E-state index in [-0.39, 0.29) is 0 Å². The van der Waals surface area contributed by atoms with E-state index in [0.29, 0.717) is 6.04 Å². The maximum atomic E-state index is 5.46. The fourth-order valence-electron chi connectivity index (χ4n) is 4.64. The van der Waals surface area contributed by atoms with Gasteiger partial charge in [0.25, 0.3) is 0 Å². The van der Waals surface area contributed by atoms with E-state index in [0.717, 1.165) is 51.0 Å². The maximum absolute atomic E-state index is 5.46. The molecule has 3 aliphatic heterocycles. The predicted octanol–water partition coefficient (Wildman–Crippen LogP) is 1.31. The zero-order valence-corrected chi connectivity index (χ0v) is 13.2. The average molecular weight is 281 g/mol. The summed E-state index contributed by atoms with van der Waals surface area (Å²) in [4.78, 5) is 5.44. The van der Waals surface area contributed by atoms with Gasteiger partial charge in [-0.1, -0.05) is 6.92 Å². The highest BCUT2D eigenvalue weighted by Gasteiger charge is 2.42. The van der Waals surface area contributed by atoms with Crippen molar-refractivity contribution in [1.29, 1.82) is 0 Å². The molecular weight excluding hydrogens is 250 g/mol. The van der Waals surface area contributed by atoms with Gasteiger partial charge < -0.3 is 10.1 Å². The van der Waals surface area contributed by atoms with E-state index in [1.54, 1.807) is 0 Å². The number of rotatable bonds is 5. The summed E-state index contributed by atoms with van der Waals surface area (Å²) in [7, 11) is 0. The smallest absolute Gasteiger partial charge is 0.0594 e. The van der Waals surface area contributed by atoms with Gasteiger partial charge in [0.2, 0.25) is 0 Å². The van der Waals surface area contributed by atoms with Crippen LogP contribution < -0.4 is 5.32 Å². The molecule has 0 radical (unpaired) electrons. The van der Waals surface area contributed by atoms with Gasteiger partial charge in [0.15, 0.2) is 0 Å². The minimum atomic E-state index is 0.702. The van der Waals surface area contributed by atoms with Crippen molar-refractivity contribution in [2.45, 2.75) is 63.7 Å². The number of nitrogens with one attached hydrogen (secondary N) is 1. The Labute approximate surface area is 123 Å². The summed E-state index contributed by atoms with van der Waals surface area (Å²) >= 11 is 0. The number of nitrogens with zero attached hydrogens (tertiary/aromatic N) is 2. The van der Waals surface area contributed by atoms with Crippen molar-refractivity contribution in [3.05, 3.63) is 0 Å². The van der Waals surface area contributed by atoms with E-state index in [9.17, 15) is 0 Å². The van der Waals surface area contributed by atoms with Crippen LogP contribution in [0.4, 0.5) is 0 Å². The van der Waals surface area contributed by atoms with Crippen molar-refractivity contribution in [1.82, 2.24) is 15.1 Å². The SMILES string of the molecule is CCNC1CC2CCC(C1)N2C(C)CN1CCOCC1. The Hall–Kier alpha value is -0.160. The third-order valence-electron chi connectivity index (χ3n) is 5.42. The fraction of sp³-hybridized carbons (Fsp3) is 1.00. The quantitative estimate of drug-likeness (QED) is 0.822. The average Bonchev–Trinajstić information content (AvgIpc) is 2.72. The Bertz CT molecular complexity index is 292. The predicted molar refractivity (Wildman–Crippen MR) is 82.1 cm³/mol. The number of fused-ring (bicyclic) bond motifs is 2. The topological polar surface area (TPSA) is 27.7 Å². The second-order valence-electron chi connectivity index (χ2n) is 6.82. The van der Waals surface area contributed by atoms with Crippen molar-refractivity contribution in [2.75, 3.05) is 39.4 Å². The molecule has 0 spiro atoms. The first-order valence-corrected chi connectivity index (χ1v) is 8.59. The lowest BCUT2D eigenvalue weighted by atomic mass is 9.95. The van der Waals surface area contributed by atoms with Crippen LogP contribution in [0.3, 0.4) is 0 Å². The molecule has 3 fully saturated rings. The zero-order chi connectivity index (χ0) is 13.9. The van der Waals surface area contributed by atoms with E-state index < -0.39 is 0 Å². The molecule has 0 saturated carbocycles. The molecule has 0 aromatic carbocycles. The van der Waals surface area contributed by atoms with Crippen LogP contribution in [-0.2, 0) is 4.74 Å². The molecule has 3 heterocycles. The summed E-state index contributed by atoms with van der Waals surface area (Å²) in [6, 6.07) is 3.13. The summed E-state index contributed by atoms with van der Waals surface area (Å²) in [6.45, 7) is 11.1. The van der Waals surface area contributed by atoms with Crippen LogP contribution in [0.15, 0.2) is 0 Å². The highest BCUT2D eigenvalue weighted by Crippen LogP contribution is 2.37. The van der Waals surface area contributed by atoms with E-state index in [1.165, 1.54) is 32.2 Å². The summed E-state index contributed by atoms with van der Waals surface area (Å²) in [5.74, 6) is 0. The standard InChI is InChI=1S/C16H31N3O/c1-3-17-14-10-15-4-5-16(11-14)19(15)13(2)12-18-6-8-20-9-7-18/h13-17H,3-12H2,1-2H3. The molecule has 20 heavy (non-hydrogen) atoms. The summed E-state index contributed by atoms with van der Waals surface area (Å²) in [5.41, 5.74) is 0.